The fraction of sp³-hybridized carbons (Fsp3) is 0.812. The zero-order chi connectivity index (χ0) is 15.6. The van der Waals surface area contributed by atoms with Gasteiger partial charge in [-0.1, -0.05) is 0 Å². The lowest BCUT2D eigenvalue weighted by molar-refractivity contribution is 0.104. The van der Waals surface area contributed by atoms with Gasteiger partial charge in [0, 0.05) is 11.6 Å². The second kappa shape index (κ2) is 6.36. The molecule has 0 saturated carbocycles. The maximum absolute atomic E-state index is 5.57. The van der Waals surface area contributed by atoms with E-state index in [9.17, 15) is 0 Å². The van der Waals surface area contributed by atoms with Crippen molar-refractivity contribution >= 4 is 0 Å². The van der Waals surface area contributed by atoms with Gasteiger partial charge in [0.1, 0.15) is 0 Å². The molecule has 0 spiro atoms. The largest absolute Gasteiger partial charge is 0.493 e. The summed E-state index contributed by atoms with van der Waals surface area (Å²) in [5.74, 6) is 0.871. The van der Waals surface area contributed by atoms with Crippen molar-refractivity contribution in [2.24, 2.45) is 0 Å². The summed E-state index contributed by atoms with van der Waals surface area (Å²) in [6.45, 7) is 11.3. The molecule has 5 nitrogen and oxygen atoms in total. The monoisotopic (exact) mass is 294 g/mol. The lowest BCUT2D eigenvalue weighted by Crippen LogP contribution is -2.51. The SMILES string of the molecule is CNC(c1c(OC)cnn1C(C)C)C(C)(C)N1CCCC1. The summed E-state index contributed by atoms with van der Waals surface area (Å²) >= 11 is 0. The van der Waals surface area contributed by atoms with E-state index in [1.807, 2.05) is 13.2 Å². The predicted octanol–water partition coefficient (Wildman–Crippen LogP) is 2.61. The first kappa shape index (κ1) is 16.3. The van der Waals surface area contributed by atoms with E-state index in [-0.39, 0.29) is 11.6 Å². The van der Waals surface area contributed by atoms with Crippen molar-refractivity contribution < 1.29 is 4.74 Å². The third kappa shape index (κ3) is 2.94. The Morgan fingerprint density at radius 1 is 1.29 bits per heavy atom. The van der Waals surface area contributed by atoms with Crippen molar-refractivity contribution in [1.82, 2.24) is 20.0 Å². The average Bonchev–Trinajstić information content (AvgIpc) is 3.08. The third-order valence-corrected chi connectivity index (χ3v) is 4.70. The molecule has 1 saturated heterocycles. The van der Waals surface area contributed by atoms with Crippen molar-refractivity contribution in [3.63, 3.8) is 0 Å². The van der Waals surface area contributed by atoms with E-state index >= 15 is 0 Å². The lowest BCUT2D eigenvalue weighted by Gasteiger charge is -2.42. The average molecular weight is 294 g/mol. The van der Waals surface area contributed by atoms with Crippen molar-refractivity contribution in [3.8, 4) is 5.75 Å². The highest BCUT2D eigenvalue weighted by Crippen LogP contribution is 2.38. The molecule has 2 heterocycles. The normalized spacial score (nSPS) is 18.4. The number of nitrogens with zero attached hydrogens (tertiary/aromatic N) is 3. The predicted molar refractivity (Wildman–Crippen MR) is 85.9 cm³/mol. The van der Waals surface area contributed by atoms with Crippen LogP contribution in [0.25, 0.3) is 0 Å². The standard InChI is InChI=1S/C16H30N4O/c1-12(2)20-14(13(21-6)11-18-20)15(17-5)16(3,4)19-9-7-8-10-19/h11-12,15,17H,7-10H2,1-6H3. The Morgan fingerprint density at radius 2 is 1.90 bits per heavy atom. The Balaban J connectivity index is 2.42. The molecule has 0 aliphatic carbocycles. The van der Waals surface area contributed by atoms with Crippen LogP contribution in [0, 0.1) is 0 Å². The summed E-state index contributed by atoms with van der Waals surface area (Å²) in [6, 6.07) is 0.490. The van der Waals surface area contributed by atoms with Crippen LogP contribution in [0.15, 0.2) is 6.20 Å². The van der Waals surface area contributed by atoms with Gasteiger partial charge in [0.05, 0.1) is 25.0 Å². The fourth-order valence-electron chi connectivity index (χ4n) is 3.50. The molecule has 120 valence electrons. The van der Waals surface area contributed by atoms with Gasteiger partial charge in [0.15, 0.2) is 5.75 Å². The quantitative estimate of drug-likeness (QED) is 0.876. The molecular weight excluding hydrogens is 264 g/mol. The molecule has 1 aliphatic rings. The second-order valence-corrected chi connectivity index (χ2v) is 6.71. The van der Waals surface area contributed by atoms with Gasteiger partial charge in [0.2, 0.25) is 0 Å². The summed E-state index contributed by atoms with van der Waals surface area (Å²) in [6.07, 6.45) is 4.42. The Morgan fingerprint density at radius 3 is 2.38 bits per heavy atom. The first-order valence-corrected chi connectivity index (χ1v) is 7.97. The molecule has 1 atom stereocenters. The van der Waals surface area contributed by atoms with Gasteiger partial charge in [-0.25, -0.2) is 0 Å². The minimum absolute atomic E-state index is 0.0191. The number of aromatic nitrogens is 2. The lowest BCUT2D eigenvalue weighted by atomic mass is 9.89. The Bertz CT molecular complexity index is 461. The summed E-state index contributed by atoms with van der Waals surface area (Å²) in [5.41, 5.74) is 1.16. The zero-order valence-corrected chi connectivity index (χ0v) is 14.3. The van der Waals surface area contributed by atoms with Crippen molar-refractivity contribution in [2.75, 3.05) is 27.2 Å². The van der Waals surface area contributed by atoms with Crippen LogP contribution >= 0.6 is 0 Å². The van der Waals surface area contributed by atoms with E-state index in [2.05, 4.69) is 47.7 Å². The van der Waals surface area contributed by atoms with Crippen LogP contribution in [-0.4, -0.2) is 47.5 Å². The van der Waals surface area contributed by atoms with Gasteiger partial charge in [-0.3, -0.25) is 9.58 Å². The maximum Gasteiger partial charge on any atom is 0.161 e. The van der Waals surface area contributed by atoms with Crippen molar-refractivity contribution in [1.29, 1.82) is 0 Å². The van der Waals surface area contributed by atoms with Gasteiger partial charge in [-0.15, -0.1) is 0 Å². The van der Waals surface area contributed by atoms with Crippen LogP contribution in [0.5, 0.6) is 5.75 Å². The van der Waals surface area contributed by atoms with Crippen LogP contribution in [0.2, 0.25) is 0 Å². The number of ether oxygens (including phenoxy) is 1. The maximum atomic E-state index is 5.57. The van der Waals surface area contributed by atoms with E-state index in [1.54, 1.807) is 7.11 Å². The summed E-state index contributed by atoms with van der Waals surface area (Å²) in [5, 5.41) is 8.04. The molecule has 1 unspecified atom stereocenters. The Hall–Kier alpha value is -1.07. The first-order chi connectivity index (χ1) is 9.93. The van der Waals surface area contributed by atoms with Crippen molar-refractivity contribution in [3.05, 3.63) is 11.9 Å². The number of likely N-dealkylation sites (tertiary alicyclic amines) is 1. The highest BCUT2D eigenvalue weighted by Gasteiger charge is 2.40. The molecule has 0 radical (unpaired) electrons. The van der Waals surface area contributed by atoms with Gasteiger partial charge < -0.3 is 10.1 Å². The smallest absolute Gasteiger partial charge is 0.161 e. The van der Waals surface area contributed by atoms with Crippen LogP contribution in [0.3, 0.4) is 0 Å². The number of rotatable bonds is 6. The number of hydrogen-bond donors (Lipinski definition) is 1. The molecule has 2 rings (SSSR count). The van der Waals surface area contributed by atoms with E-state index in [1.165, 1.54) is 25.9 Å². The number of methoxy groups -OCH3 is 1. The minimum atomic E-state index is 0.0191. The second-order valence-electron chi connectivity index (χ2n) is 6.71. The highest BCUT2D eigenvalue weighted by molar-refractivity contribution is 5.31. The first-order valence-electron chi connectivity index (χ1n) is 7.97. The van der Waals surface area contributed by atoms with Crippen LogP contribution in [-0.2, 0) is 0 Å². The fourth-order valence-corrected chi connectivity index (χ4v) is 3.50. The summed E-state index contributed by atoms with van der Waals surface area (Å²) in [7, 11) is 3.75. The van der Waals surface area contributed by atoms with Crippen molar-refractivity contribution in [2.45, 2.75) is 58.2 Å². The van der Waals surface area contributed by atoms with Crippen LogP contribution in [0.1, 0.15) is 58.3 Å². The van der Waals surface area contributed by atoms with E-state index in [4.69, 9.17) is 4.74 Å². The van der Waals surface area contributed by atoms with E-state index in [0.717, 1.165) is 11.4 Å². The van der Waals surface area contributed by atoms with Crippen LogP contribution in [0.4, 0.5) is 0 Å². The number of likely N-dealkylation sites (N-methyl/N-ethyl adjacent to an activating group) is 1. The Kier molecular flexibility index (Phi) is 4.94. The number of hydrogen-bond acceptors (Lipinski definition) is 4. The van der Waals surface area contributed by atoms with Crippen LogP contribution < -0.4 is 10.1 Å². The number of nitrogens with one attached hydrogen (secondary N) is 1. The molecule has 0 bridgehead atoms. The third-order valence-electron chi connectivity index (χ3n) is 4.70. The van der Waals surface area contributed by atoms with Gasteiger partial charge in [0.25, 0.3) is 0 Å². The van der Waals surface area contributed by atoms with E-state index < -0.39 is 0 Å². The molecule has 0 amide bonds. The van der Waals surface area contributed by atoms with Gasteiger partial charge in [-0.2, -0.15) is 5.10 Å². The molecule has 1 fully saturated rings. The Labute approximate surface area is 128 Å². The van der Waals surface area contributed by atoms with Gasteiger partial charge >= 0.3 is 0 Å². The molecular formula is C16H30N4O. The molecule has 1 aromatic rings. The molecule has 1 N–H and O–H groups in total. The highest BCUT2D eigenvalue weighted by atomic mass is 16.5. The summed E-state index contributed by atoms with van der Waals surface area (Å²) < 4.78 is 7.66. The molecule has 21 heavy (non-hydrogen) atoms. The molecule has 1 aromatic heterocycles. The van der Waals surface area contributed by atoms with Gasteiger partial charge in [-0.05, 0) is 60.7 Å². The molecule has 0 aromatic carbocycles. The van der Waals surface area contributed by atoms with E-state index in [0.29, 0.717) is 6.04 Å². The minimum Gasteiger partial charge on any atom is -0.493 e. The summed E-state index contributed by atoms with van der Waals surface area (Å²) in [4.78, 5) is 2.57. The molecule has 1 aliphatic heterocycles. The molecule has 5 heteroatoms. The zero-order valence-electron chi connectivity index (χ0n) is 14.3. The topological polar surface area (TPSA) is 42.3 Å².